The van der Waals surface area contributed by atoms with Gasteiger partial charge in [0, 0.05) is 35.4 Å². The molecule has 8 aromatic rings. The Balaban J connectivity index is 0.00000311. The van der Waals surface area contributed by atoms with Crippen molar-refractivity contribution in [1.29, 1.82) is 0 Å². The summed E-state index contributed by atoms with van der Waals surface area (Å²) >= 11 is 0. The van der Waals surface area contributed by atoms with Crippen molar-refractivity contribution in [3.8, 4) is 51.5 Å². The van der Waals surface area contributed by atoms with Gasteiger partial charge in [0.05, 0.1) is 0 Å². The van der Waals surface area contributed by atoms with E-state index in [4.69, 9.17) is 19.4 Å². The Morgan fingerprint density at radius 2 is 0.951 bits per heavy atom. The van der Waals surface area contributed by atoms with Crippen LogP contribution in [0, 0.1) is 36.1 Å². The van der Waals surface area contributed by atoms with Crippen LogP contribution in [0.4, 0.5) is 0 Å². The molecule has 8 nitrogen and oxygen atoms in total. The fourth-order valence-electron chi connectivity index (χ4n) is 7.35. The summed E-state index contributed by atoms with van der Waals surface area (Å²) in [6.07, 6.45) is 8.68. The smallest absolute Gasteiger partial charge is 0.503 e. The number of hydrogen-bond donors (Lipinski definition) is 0. The van der Waals surface area contributed by atoms with Crippen LogP contribution in [0.15, 0.2) is 97.8 Å². The van der Waals surface area contributed by atoms with E-state index in [0.717, 1.165) is 68.3 Å². The van der Waals surface area contributed by atoms with Crippen LogP contribution in [0.1, 0.15) is 89.5 Å². The summed E-state index contributed by atoms with van der Waals surface area (Å²) in [5.74, 6) is 4.26. The second-order valence-corrected chi connectivity index (χ2v) is 16.6. The molecule has 0 aliphatic carbocycles. The number of nitrogens with zero attached hydrogens (tertiary/aromatic N) is 6. The summed E-state index contributed by atoms with van der Waals surface area (Å²) in [5, 5.41) is 1.87. The molecule has 0 unspecified atom stereocenters. The van der Waals surface area contributed by atoms with Gasteiger partial charge in [-0.3, -0.25) is 0 Å². The maximum absolute atomic E-state index is 6.58. The van der Waals surface area contributed by atoms with E-state index >= 15 is 0 Å². The standard InChI is InChI=1S/C51H48N6O2.2Pt/c1-31(2)17-35-13-15-53-47(19-35)39-21-37(33(5)6)23-43(25-39)58-41-9-11-45-46-12-10-42(28-50(46)57(49(45)27-41)51-55-29-52-30-56-51)59-44-24-38(34(7)8)22-40(26-44)48-20-36(14-16-54-48)18-32(3)4;;/h9-16,19-24,29-34H,17-18H2,1-8H3;;/q-4;2*+2. The second kappa shape index (κ2) is 19.8. The molecule has 0 atom stereocenters. The molecule has 0 aliphatic heterocycles. The topological polar surface area (TPSA) is 87.8 Å². The molecule has 0 aliphatic rings. The third-order valence-corrected chi connectivity index (χ3v) is 10.2. The summed E-state index contributed by atoms with van der Waals surface area (Å²) in [4.78, 5) is 22.6. The van der Waals surface area contributed by atoms with Crippen LogP contribution in [0.3, 0.4) is 0 Å². The molecule has 10 heteroatoms. The van der Waals surface area contributed by atoms with Crippen molar-refractivity contribution in [1.82, 2.24) is 29.5 Å². The number of ether oxygens (including phenoxy) is 2. The SMILES string of the molecule is CC(C)Cc1ccnc(-c2[c-]c(Oc3[c-]c4c(cc3)c3ccc(Oc5[c-]c(-c6cc(CC(C)C)ccn6)cc(C(C)C)c5)[c-]c3n4-c3ncncn3)cc(C(C)C)c2)c1.[Pt+2].[Pt+2]. The zero-order valence-corrected chi connectivity index (χ0v) is 40.1. The number of pyridine rings is 2. The quantitative estimate of drug-likeness (QED) is 0.106. The summed E-state index contributed by atoms with van der Waals surface area (Å²) in [5.41, 5.74) is 9.73. The largest absolute Gasteiger partial charge is 2.00 e. The van der Waals surface area contributed by atoms with Crippen LogP contribution in [-0.4, -0.2) is 29.5 Å². The first-order chi connectivity index (χ1) is 28.5. The van der Waals surface area contributed by atoms with Crippen LogP contribution in [0.5, 0.6) is 23.0 Å². The minimum Gasteiger partial charge on any atom is -0.503 e. The first kappa shape index (κ1) is 45.5. The first-order valence-electron chi connectivity index (χ1n) is 20.4. The summed E-state index contributed by atoms with van der Waals surface area (Å²) in [6.45, 7) is 17.6. The Morgan fingerprint density at radius 3 is 1.36 bits per heavy atom. The minimum absolute atomic E-state index is 0. The van der Waals surface area contributed by atoms with E-state index in [9.17, 15) is 0 Å². The Morgan fingerprint density at radius 1 is 0.508 bits per heavy atom. The van der Waals surface area contributed by atoms with Crippen LogP contribution in [0.2, 0.25) is 0 Å². The van der Waals surface area contributed by atoms with Crippen molar-refractivity contribution in [2.24, 2.45) is 11.8 Å². The molecule has 0 fully saturated rings. The molecular formula is C51H48N6O2Pt2. The van der Waals surface area contributed by atoms with E-state index in [-0.39, 0.29) is 54.0 Å². The molecule has 0 N–H and O–H groups in total. The van der Waals surface area contributed by atoms with Gasteiger partial charge >= 0.3 is 42.1 Å². The van der Waals surface area contributed by atoms with Crippen molar-refractivity contribution < 1.29 is 51.6 Å². The first-order valence-corrected chi connectivity index (χ1v) is 20.4. The van der Waals surface area contributed by atoms with Gasteiger partial charge in [0.1, 0.15) is 12.7 Å². The van der Waals surface area contributed by atoms with Gasteiger partial charge in [-0.15, -0.1) is 58.7 Å². The minimum atomic E-state index is 0. The number of rotatable bonds is 13. The van der Waals surface area contributed by atoms with Gasteiger partial charge in [0.25, 0.3) is 0 Å². The molecule has 0 bridgehead atoms. The van der Waals surface area contributed by atoms with Gasteiger partial charge in [-0.25, -0.2) is 15.0 Å². The van der Waals surface area contributed by atoms with Crippen molar-refractivity contribution in [2.75, 3.05) is 0 Å². The van der Waals surface area contributed by atoms with E-state index in [0.29, 0.717) is 40.8 Å². The third-order valence-electron chi connectivity index (χ3n) is 10.2. The van der Waals surface area contributed by atoms with Crippen LogP contribution in [-0.2, 0) is 55.0 Å². The van der Waals surface area contributed by atoms with Crippen molar-refractivity contribution in [2.45, 2.75) is 80.1 Å². The molecule has 4 heterocycles. The normalized spacial score (nSPS) is 11.4. The van der Waals surface area contributed by atoms with E-state index in [1.54, 1.807) is 0 Å². The summed E-state index contributed by atoms with van der Waals surface area (Å²) < 4.78 is 15.1. The van der Waals surface area contributed by atoms with Crippen LogP contribution < -0.4 is 9.47 Å². The van der Waals surface area contributed by atoms with Gasteiger partial charge < -0.3 is 24.0 Å². The van der Waals surface area contributed by atoms with E-state index in [1.165, 1.54) is 23.8 Å². The predicted octanol–water partition coefficient (Wildman–Crippen LogP) is 12.5. The average Bonchev–Trinajstić information content (AvgIpc) is 3.53. The zero-order chi connectivity index (χ0) is 41.2. The van der Waals surface area contributed by atoms with Crippen LogP contribution >= 0.6 is 0 Å². The number of hydrogen-bond acceptors (Lipinski definition) is 7. The van der Waals surface area contributed by atoms with Crippen molar-refractivity contribution in [3.05, 3.63) is 144 Å². The van der Waals surface area contributed by atoms with Gasteiger partial charge in [-0.2, -0.15) is 22.9 Å². The summed E-state index contributed by atoms with van der Waals surface area (Å²) in [6, 6.07) is 38.8. The van der Waals surface area contributed by atoms with Gasteiger partial charge in [-0.05, 0) is 60.0 Å². The predicted molar refractivity (Wildman–Crippen MR) is 234 cm³/mol. The molecule has 8 rings (SSSR count). The molecule has 314 valence electrons. The number of benzene rings is 4. The van der Waals surface area contributed by atoms with E-state index < -0.39 is 0 Å². The molecule has 4 aromatic heterocycles. The maximum Gasteiger partial charge on any atom is 2.00 e. The molecule has 0 radical (unpaired) electrons. The molecule has 0 amide bonds. The monoisotopic (exact) mass is 1170 g/mol. The second-order valence-electron chi connectivity index (χ2n) is 16.6. The average molecular weight is 1170 g/mol. The molecule has 0 spiro atoms. The van der Waals surface area contributed by atoms with Crippen molar-refractivity contribution in [3.63, 3.8) is 0 Å². The van der Waals surface area contributed by atoms with Gasteiger partial charge in [-0.1, -0.05) is 114 Å². The van der Waals surface area contributed by atoms with E-state index in [2.05, 4.69) is 131 Å². The molecule has 0 saturated carbocycles. The molecule has 61 heavy (non-hydrogen) atoms. The fraction of sp³-hybridized carbons (Fsp3) is 0.275. The third kappa shape index (κ3) is 10.5. The Bertz CT molecular complexity index is 2600. The Labute approximate surface area is 388 Å². The van der Waals surface area contributed by atoms with E-state index in [1.807, 2.05) is 53.4 Å². The van der Waals surface area contributed by atoms with Crippen LogP contribution in [0.25, 0.3) is 50.3 Å². The van der Waals surface area contributed by atoms with Crippen molar-refractivity contribution >= 4 is 21.8 Å². The van der Waals surface area contributed by atoms with Gasteiger partial charge in [0.2, 0.25) is 5.95 Å². The molecular weight excluding hydrogens is 1120 g/mol. The maximum atomic E-state index is 6.58. The summed E-state index contributed by atoms with van der Waals surface area (Å²) in [7, 11) is 0. The Hall–Kier alpha value is -5.03. The molecule has 4 aromatic carbocycles. The zero-order valence-electron chi connectivity index (χ0n) is 35.6. The number of aromatic nitrogens is 6. The molecule has 0 saturated heterocycles. The Kier molecular flexibility index (Phi) is 14.8. The fourth-order valence-corrected chi connectivity index (χ4v) is 7.35. The number of fused-ring (bicyclic) bond motifs is 3. The van der Waals surface area contributed by atoms with Gasteiger partial charge in [0.15, 0.2) is 0 Å².